The highest BCUT2D eigenvalue weighted by molar-refractivity contribution is 5.25. The second-order valence-electron chi connectivity index (χ2n) is 2.64. The van der Waals surface area contributed by atoms with Gasteiger partial charge < -0.3 is 20.4 Å². The Labute approximate surface area is 63.7 Å². The van der Waals surface area contributed by atoms with Crippen LogP contribution in [-0.4, -0.2) is 26.2 Å². The van der Waals surface area contributed by atoms with E-state index >= 15 is 0 Å². The van der Waals surface area contributed by atoms with Crippen molar-refractivity contribution in [3.8, 4) is 0 Å². The Morgan fingerprint density at radius 2 is 1.91 bits per heavy atom. The molecule has 0 aromatic carbocycles. The molecular weight excluding hydrogens is 148 g/mol. The van der Waals surface area contributed by atoms with Crippen molar-refractivity contribution in [1.82, 2.24) is 0 Å². The number of hydrogen-bond acceptors (Lipinski definition) is 4. The molecule has 0 fully saturated rings. The summed E-state index contributed by atoms with van der Waals surface area (Å²) in [7, 11) is 0. The van der Waals surface area contributed by atoms with Crippen molar-refractivity contribution in [3.63, 3.8) is 0 Å². The van der Waals surface area contributed by atoms with Crippen LogP contribution in [0, 0.1) is 5.92 Å². The summed E-state index contributed by atoms with van der Waals surface area (Å²) in [6, 6.07) is 0. The third kappa shape index (κ3) is 1.36. The van der Waals surface area contributed by atoms with Gasteiger partial charge in [0.05, 0.1) is 5.92 Å². The molecule has 0 aromatic rings. The highest BCUT2D eigenvalue weighted by Crippen LogP contribution is 2.27. The van der Waals surface area contributed by atoms with E-state index in [1.807, 2.05) is 0 Å². The molecule has 0 bridgehead atoms. The Bertz CT molecular complexity index is 227. The van der Waals surface area contributed by atoms with Crippen LogP contribution in [0.25, 0.3) is 0 Å². The summed E-state index contributed by atoms with van der Waals surface area (Å²) >= 11 is 0. The lowest BCUT2D eigenvalue weighted by molar-refractivity contribution is -0.155. The van der Waals surface area contributed by atoms with E-state index in [9.17, 15) is 0 Å². The second kappa shape index (κ2) is 2.25. The summed E-state index contributed by atoms with van der Waals surface area (Å²) in [4.78, 5) is 0. The normalized spacial score (nSPS) is 29.2. The molecule has 1 aliphatic carbocycles. The SMILES string of the molecule is CC1C(O)=CC(O)=CC1(O)O. The molecule has 0 radical (unpaired) electrons. The van der Waals surface area contributed by atoms with Crippen LogP contribution >= 0.6 is 0 Å². The van der Waals surface area contributed by atoms with Gasteiger partial charge in [-0.15, -0.1) is 0 Å². The van der Waals surface area contributed by atoms with E-state index in [4.69, 9.17) is 20.4 Å². The molecule has 0 aliphatic heterocycles. The van der Waals surface area contributed by atoms with Crippen molar-refractivity contribution in [1.29, 1.82) is 0 Å². The molecule has 1 aliphatic rings. The molecule has 4 heteroatoms. The summed E-state index contributed by atoms with van der Waals surface area (Å²) < 4.78 is 0. The van der Waals surface area contributed by atoms with E-state index in [1.54, 1.807) is 0 Å². The van der Waals surface area contributed by atoms with Crippen LogP contribution in [0.4, 0.5) is 0 Å². The van der Waals surface area contributed by atoms with E-state index in [-0.39, 0.29) is 11.5 Å². The van der Waals surface area contributed by atoms with Gasteiger partial charge in [0.25, 0.3) is 0 Å². The zero-order valence-electron chi connectivity index (χ0n) is 6.02. The third-order valence-corrected chi connectivity index (χ3v) is 1.74. The molecule has 1 unspecified atom stereocenters. The van der Waals surface area contributed by atoms with Crippen molar-refractivity contribution in [2.24, 2.45) is 5.92 Å². The first kappa shape index (κ1) is 8.10. The monoisotopic (exact) mass is 158 g/mol. The number of rotatable bonds is 0. The van der Waals surface area contributed by atoms with Gasteiger partial charge in [-0.2, -0.15) is 0 Å². The van der Waals surface area contributed by atoms with Gasteiger partial charge in [-0.3, -0.25) is 0 Å². The summed E-state index contributed by atoms with van der Waals surface area (Å²) in [6.45, 7) is 1.44. The minimum atomic E-state index is -2.15. The molecule has 0 saturated heterocycles. The van der Waals surface area contributed by atoms with Crippen molar-refractivity contribution in [3.05, 3.63) is 23.7 Å². The average molecular weight is 158 g/mol. The molecule has 62 valence electrons. The van der Waals surface area contributed by atoms with E-state index in [0.29, 0.717) is 0 Å². The van der Waals surface area contributed by atoms with Gasteiger partial charge >= 0.3 is 0 Å². The van der Waals surface area contributed by atoms with Crippen LogP contribution < -0.4 is 0 Å². The van der Waals surface area contributed by atoms with Crippen LogP contribution in [0.2, 0.25) is 0 Å². The molecule has 0 heterocycles. The first-order chi connectivity index (χ1) is 4.93. The minimum absolute atomic E-state index is 0.241. The molecule has 11 heavy (non-hydrogen) atoms. The Kier molecular flexibility index (Phi) is 1.66. The predicted molar refractivity (Wildman–Crippen MR) is 37.8 cm³/mol. The van der Waals surface area contributed by atoms with Gasteiger partial charge in [0.1, 0.15) is 11.5 Å². The fourth-order valence-corrected chi connectivity index (χ4v) is 0.878. The van der Waals surface area contributed by atoms with Crippen molar-refractivity contribution in [2.75, 3.05) is 0 Å². The smallest absolute Gasteiger partial charge is 0.196 e. The first-order valence-electron chi connectivity index (χ1n) is 3.20. The molecular formula is C7H10O4. The van der Waals surface area contributed by atoms with E-state index in [1.165, 1.54) is 6.92 Å². The van der Waals surface area contributed by atoms with Crippen LogP contribution in [0.1, 0.15) is 6.92 Å². The fraction of sp³-hybridized carbons (Fsp3) is 0.429. The molecule has 0 aromatic heterocycles. The Morgan fingerprint density at radius 1 is 1.36 bits per heavy atom. The van der Waals surface area contributed by atoms with E-state index < -0.39 is 11.7 Å². The Morgan fingerprint density at radius 3 is 2.36 bits per heavy atom. The van der Waals surface area contributed by atoms with Gasteiger partial charge in [-0.25, -0.2) is 0 Å². The lowest BCUT2D eigenvalue weighted by atomic mass is 9.93. The molecule has 0 spiro atoms. The van der Waals surface area contributed by atoms with Gasteiger partial charge in [0, 0.05) is 12.2 Å². The molecule has 4 nitrogen and oxygen atoms in total. The largest absolute Gasteiger partial charge is 0.512 e. The van der Waals surface area contributed by atoms with Crippen molar-refractivity contribution in [2.45, 2.75) is 12.7 Å². The van der Waals surface area contributed by atoms with Crippen LogP contribution in [0.15, 0.2) is 23.7 Å². The fourth-order valence-electron chi connectivity index (χ4n) is 0.878. The maximum Gasteiger partial charge on any atom is 0.196 e. The topological polar surface area (TPSA) is 80.9 Å². The van der Waals surface area contributed by atoms with Gasteiger partial charge in [-0.05, 0) is 6.92 Å². The summed E-state index contributed by atoms with van der Waals surface area (Å²) in [5, 5.41) is 36.1. The highest BCUT2D eigenvalue weighted by Gasteiger charge is 2.35. The molecule has 4 N–H and O–H groups in total. The second-order valence-corrected chi connectivity index (χ2v) is 2.64. The summed E-state index contributed by atoms with van der Waals surface area (Å²) in [6.07, 6.45) is 1.95. The van der Waals surface area contributed by atoms with E-state index in [2.05, 4.69) is 0 Å². The van der Waals surface area contributed by atoms with Gasteiger partial charge in [0.2, 0.25) is 0 Å². The lowest BCUT2D eigenvalue weighted by Crippen LogP contribution is -2.37. The zero-order chi connectivity index (χ0) is 8.65. The minimum Gasteiger partial charge on any atom is -0.512 e. The predicted octanol–water partition coefficient (Wildman–Crippen LogP) is 0.201. The number of allylic oxidation sites excluding steroid dienone is 1. The molecule has 0 saturated carbocycles. The molecule has 1 atom stereocenters. The summed E-state index contributed by atoms with van der Waals surface area (Å²) in [5.41, 5.74) is 0. The highest BCUT2D eigenvalue weighted by atomic mass is 16.5. The van der Waals surface area contributed by atoms with E-state index in [0.717, 1.165) is 12.2 Å². The number of aliphatic hydroxyl groups excluding tert-OH is 2. The maximum absolute atomic E-state index is 9.10. The zero-order valence-corrected chi connectivity index (χ0v) is 6.02. The number of hydrogen-bond donors (Lipinski definition) is 4. The first-order valence-corrected chi connectivity index (χ1v) is 3.20. The molecule has 0 amide bonds. The maximum atomic E-state index is 9.10. The third-order valence-electron chi connectivity index (χ3n) is 1.74. The van der Waals surface area contributed by atoms with Crippen molar-refractivity contribution >= 4 is 0 Å². The quantitative estimate of drug-likeness (QED) is 0.380. The lowest BCUT2D eigenvalue weighted by Gasteiger charge is -2.27. The average Bonchev–Trinajstić information content (AvgIpc) is 1.81. The van der Waals surface area contributed by atoms with Gasteiger partial charge in [-0.1, -0.05) is 0 Å². The van der Waals surface area contributed by atoms with Crippen molar-refractivity contribution < 1.29 is 20.4 Å². The standard InChI is InChI=1S/C7H10O4/c1-4-6(9)2-5(8)3-7(4,10)11/h2-4,8-11H,1H3. The molecule has 1 rings (SSSR count). The van der Waals surface area contributed by atoms with Gasteiger partial charge in [0.15, 0.2) is 5.79 Å². The van der Waals surface area contributed by atoms with Crippen LogP contribution in [-0.2, 0) is 0 Å². The Balaban J connectivity index is 3.01. The number of aliphatic hydroxyl groups is 4. The van der Waals surface area contributed by atoms with Crippen LogP contribution in [0.5, 0.6) is 0 Å². The summed E-state index contributed by atoms with van der Waals surface area (Å²) in [5.74, 6) is -3.54. The van der Waals surface area contributed by atoms with Crippen LogP contribution in [0.3, 0.4) is 0 Å². The Hall–Kier alpha value is -1.00.